The van der Waals surface area contributed by atoms with Crippen LogP contribution in [0.3, 0.4) is 0 Å². The van der Waals surface area contributed by atoms with Gasteiger partial charge in [0.1, 0.15) is 0 Å². The minimum atomic E-state index is -4.46. The summed E-state index contributed by atoms with van der Waals surface area (Å²) in [6, 6.07) is 9.65. The molecule has 0 saturated carbocycles. The molecule has 0 aliphatic rings. The molecule has 1 amide bonds. The number of carbonyl (C=O) groups is 1. The van der Waals surface area contributed by atoms with Gasteiger partial charge in [-0.05, 0) is 49.7 Å². The van der Waals surface area contributed by atoms with Crippen molar-refractivity contribution in [3.8, 4) is 11.5 Å². The summed E-state index contributed by atoms with van der Waals surface area (Å²) in [6.45, 7) is 4.62. The van der Waals surface area contributed by atoms with E-state index in [9.17, 15) is 18.0 Å². The average molecular weight is 367 g/mol. The molecule has 140 valence electrons. The van der Waals surface area contributed by atoms with Gasteiger partial charge in [0.2, 0.25) is 5.91 Å². The predicted molar refractivity (Wildman–Crippen MR) is 92.6 cm³/mol. The quantitative estimate of drug-likeness (QED) is 0.773. The molecule has 0 aromatic heterocycles. The van der Waals surface area contributed by atoms with Crippen LogP contribution in [0.2, 0.25) is 0 Å². The lowest BCUT2D eigenvalue weighted by atomic mass is 10.1. The van der Waals surface area contributed by atoms with Gasteiger partial charge in [0, 0.05) is 5.69 Å². The third kappa shape index (κ3) is 5.40. The normalized spacial score (nSPS) is 11.1. The van der Waals surface area contributed by atoms with Crippen LogP contribution in [0.1, 0.15) is 25.0 Å². The van der Waals surface area contributed by atoms with Crippen molar-refractivity contribution in [1.82, 2.24) is 0 Å². The Hall–Kier alpha value is -2.70. The highest BCUT2D eigenvalue weighted by atomic mass is 19.4. The lowest BCUT2D eigenvalue weighted by Crippen LogP contribution is -2.15. The van der Waals surface area contributed by atoms with Crippen molar-refractivity contribution in [2.75, 3.05) is 18.5 Å². The van der Waals surface area contributed by atoms with Crippen LogP contribution in [0, 0.1) is 0 Å². The van der Waals surface area contributed by atoms with Gasteiger partial charge in [0.25, 0.3) is 0 Å². The lowest BCUT2D eigenvalue weighted by Gasteiger charge is -2.13. The van der Waals surface area contributed by atoms with Crippen LogP contribution in [0.4, 0.5) is 18.9 Å². The highest BCUT2D eigenvalue weighted by Crippen LogP contribution is 2.31. The van der Waals surface area contributed by atoms with Gasteiger partial charge >= 0.3 is 6.18 Å². The van der Waals surface area contributed by atoms with Crippen molar-refractivity contribution in [3.63, 3.8) is 0 Å². The maximum absolute atomic E-state index is 12.7. The van der Waals surface area contributed by atoms with Gasteiger partial charge in [0.15, 0.2) is 11.5 Å². The Labute approximate surface area is 149 Å². The SMILES string of the molecule is CCOc1ccc(CC(=O)Nc2cccc(C(F)(F)F)c2)cc1OCC. The van der Waals surface area contributed by atoms with E-state index in [0.717, 1.165) is 12.1 Å². The number of hydrogen-bond acceptors (Lipinski definition) is 3. The van der Waals surface area contributed by atoms with Gasteiger partial charge in [-0.3, -0.25) is 4.79 Å². The highest BCUT2D eigenvalue weighted by molar-refractivity contribution is 5.92. The van der Waals surface area contributed by atoms with Crippen LogP contribution in [-0.4, -0.2) is 19.1 Å². The minimum absolute atomic E-state index is 0.00270. The van der Waals surface area contributed by atoms with E-state index < -0.39 is 17.6 Å². The van der Waals surface area contributed by atoms with E-state index in [1.807, 2.05) is 13.8 Å². The largest absolute Gasteiger partial charge is 0.490 e. The molecule has 0 aliphatic carbocycles. The lowest BCUT2D eigenvalue weighted by molar-refractivity contribution is -0.137. The van der Waals surface area contributed by atoms with Crippen molar-refractivity contribution in [2.24, 2.45) is 0 Å². The Morgan fingerprint density at radius 1 is 1.00 bits per heavy atom. The van der Waals surface area contributed by atoms with Crippen LogP contribution in [0.5, 0.6) is 11.5 Å². The molecule has 0 saturated heterocycles. The second-order valence-corrected chi connectivity index (χ2v) is 5.45. The smallest absolute Gasteiger partial charge is 0.416 e. The summed E-state index contributed by atoms with van der Waals surface area (Å²) in [4.78, 5) is 12.2. The van der Waals surface area contributed by atoms with Crippen LogP contribution >= 0.6 is 0 Å². The summed E-state index contributed by atoms with van der Waals surface area (Å²) < 4.78 is 49.2. The molecule has 0 atom stereocenters. The number of halogens is 3. The van der Waals surface area contributed by atoms with E-state index in [-0.39, 0.29) is 12.1 Å². The van der Waals surface area contributed by atoms with E-state index in [2.05, 4.69) is 5.32 Å². The Bertz CT molecular complexity index is 760. The maximum Gasteiger partial charge on any atom is 0.416 e. The number of amides is 1. The molecular weight excluding hydrogens is 347 g/mol. The van der Waals surface area contributed by atoms with Crippen molar-refractivity contribution >= 4 is 11.6 Å². The Morgan fingerprint density at radius 3 is 2.35 bits per heavy atom. The minimum Gasteiger partial charge on any atom is -0.490 e. The number of ether oxygens (including phenoxy) is 2. The number of rotatable bonds is 7. The molecule has 0 radical (unpaired) electrons. The molecule has 1 N–H and O–H groups in total. The zero-order chi connectivity index (χ0) is 19.2. The van der Waals surface area contributed by atoms with Crippen LogP contribution in [-0.2, 0) is 17.4 Å². The fraction of sp³-hybridized carbons (Fsp3) is 0.316. The maximum atomic E-state index is 12.7. The van der Waals surface area contributed by atoms with Crippen molar-refractivity contribution < 1.29 is 27.4 Å². The molecular formula is C19H20F3NO3. The monoisotopic (exact) mass is 367 g/mol. The third-order valence-corrected chi connectivity index (χ3v) is 3.45. The summed E-state index contributed by atoms with van der Waals surface area (Å²) in [5.41, 5.74) is -0.0443. The molecule has 26 heavy (non-hydrogen) atoms. The number of anilines is 1. The zero-order valence-electron chi connectivity index (χ0n) is 14.5. The van der Waals surface area contributed by atoms with Gasteiger partial charge < -0.3 is 14.8 Å². The van der Waals surface area contributed by atoms with Crippen LogP contribution in [0.15, 0.2) is 42.5 Å². The first-order valence-electron chi connectivity index (χ1n) is 8.19. The molecule has 0 fully saturated rings. The average Bonchev–Trinajstić information content (AvgIpc) is 2.57. The second kappa shape index (κ2) is 8.60. The molecule has 2 aromatic rings. The number of carbonyl (C=O) groups excluding carboxylic acids is 1. The number of alkyl halides is 3. The standard InChI is InChI=1S/C19H20F3NO3/c1-3-25-16-9-8-13(10-17(16)26-4-2)11-18(24)23-15-7-5-6-14(12-15)19(20,21)22/h5-10,12H,3-4,11H2,1-2H3,(H,23,24). The molecule has 7 heteroatoms. The van der Waals surface area contributed by atoms with Gasteiger partial charge in [-0.2, -0.15) is 13.2 Å². The molecule has 0 spiro atoms. The first-order valence-corrected chi connectivity index (χ1v) is 8.19. The van der Waals surface area contributed by atoms with Crippen LogP contribution in [0.25, 0.3) is 0 Å². The van der Waals surface area contributed by atoms with Gasteiger partial charge in [0.05, 0.1) is 25.2 Å². The molecule has 4 nitrogen and oxygen atoms in total. The second-order valence-electron chi connectivity index (χ2n) is 5.45. The van der Waals surface area contributed by atoms with Gasteiger partial charge in [-0.1, -0.05) is 12.1 Å². The Morgan fingerprint density at radius 2 is 1.69 bits per heavy atom. The molecule has 2 aromatic carbocycles. The van der Waals surface area contributed by atoms with Crippen molar-refractivity contribution in [3.05, 3.63) is 53.6 Å². The topological polar surface area (TPSA) is 47.6 Å². The van der Waals surface area contributed by atoms with Crippen LogP contribution < -0.4 is 14.8 Å². The first kappa shape index (κ1) is 19.6. The molecule has 0 heterocycles. The molecule has 2 rings (SSSR count). The Kier molecular flexibility index (Phi) is 6.49. The summed E-state index contributed by atoms with van der Waals surface area (Å²) in [5.74, 6) is 0.686. The van der Waals surface area contributed by atoms with Crippen molar-refractivity contribution in [2.45, 2.75) is 26.4 Å². The first-order chi connectivity index (χ1) is 12.3. The molecule has 0 aliphatic heterocycles. The highest BCUT2D eigenvalue weighted by Gasteiger charge is 2.30. The van der Waals surface area contributed by atoms with E-state index in [0.29, 0.717) is 30.3 Å². The third-order valence-electron chi connectivity index (χ3n) is 3.45. The summed E-state index contributed by atoms with van der Waals surface area (Å²) >= 11 is 0. The number of nitrogens with one attached hydrogen (secondary N) is 1. The number of benzene rings is 2. The summed E-state index contributed by atoms with van der Waals surface area (Å²) in [7, 11) is 0. The summed E-state index contributed by atoms with van der Waals surface area (Å²) in [6.07, 6.45) is -4.45. The fourth-order valence-electron chi connectivity index (χ4n) is 2.37. The zero-order valence-corrected chi connectivity index (χ0v) is 14.5. The van der Waals surface area contributed by atoms with E-state index in [1.54, 1.807) is 18.2 Å². The summed E-state index contributed by atoms with van der Waals surface area (Å²) in [5, 5.41) is 2.48. The van der Waals surface area contributed by atoms with E-state index in [4.69, 9.17) is 9.47 Å². The fourth-order valence-corrected chi connectivity index (χ4v) is 2.37. The molecule has 0 bridgehead atoms. The Balaban J connectivity index is 2.09. The van der Waals surface area contributed by atoms with Gasteiger partial charge in [-0.25, -0.2) is 0 Å². The van der Waals surface area contributed by atoms with Crippen molar-refractivity contribution in [1.29, 1.82) is 0 Å². The number of hydrogen-bond donors (Lipinski definition) is 1. The predicted octanol–water partition coefficient (Wildman–Crippen LogP) is 4.68. The van der Waals surface area contributed by atoms with E-state index in [1.165, 1.54) is 12.1 Å². The van der Waals surface area contributed by atoms with E-state index >= 15 is 0 Å². The van der Waals surface area contributed by atoms with Gasteiger partial charge in [-0.15, -0.1) is 0 Å². The molecule has 0 unspecified atom stereocenters.